The van der Waals surface area contributed by atoms with Crippen LogP contribution in [0.15, 0.2) is 41.3 Å². The minimum absolute atomic E-state index is 0.00790. The van der Waals surface area contributed by atoms with E-state index in [1.54, 1.807) is 16.7 Å². The molecule has 188 valence electrons. The van der Waals surface area contributed by atoms with Gasteiger partial charge in [-0.1, -0.05) is 75.4 Å². The highest BCUT2D eigenvalue weighted by Gasteiger charge is 2.40. The first kappa shape index (κ1) is 28.2. The zero-order valence-corrected chi connectivity index (χ0v) is 23.0. The lowest BCUT2D eigenvalue weighted by Crippen LogP contribution is -2.55. The molecule has 1 saturated heterocycles. The lowest BCUT2D eigenvalue weighted by atomic mass is 9.86. The SMILES string of the molecule is CC/C=C\SC(=C(C)C)c1ccc(C(C)NC(=O)C2CCCN2C(=O)C(NC)C(C)(C)C)cc1. The number of thioether (sulfide) groups is 1. The minimum atomic E-state index is -0.411. The van der Waals surface area contributed by atoms with Crippen LogP contribution < -0.4 is 10.6 Å². The van der Waals surface area contributed by atoms with Crippen molar-refractivity contribution in [3.8, 4) is 0 Å². The third-order valence-electron chi connectivity index (χ3n) is 6.24. The van der Waals surface area contributed by atoms with Gasteiger partial charge in [0.1, 0.15) is 6.04 Å². The standard InChI is InChI=1S/C28H43N3O2S/c1-9-10-18-34-24(19(2)3)22-15-13-21(14-16-22)20(4)30-26(32)23-12-11-17-31(23)27(33)25(29-8)28(5,6)7/h10,13-16,18,20,23,25,29H,9,11-12,17H2,1-8H3,(H,30,32)/b18-10-. The minimum Gasteiger partial charge on any atom is -0.348 e. The summed E-state index contributed by atoms with van der Waals surface area (Å²) in [5, 5.41) is 8.45. The molecule has 3 unspecified atom stereocenters. The molecule has 1 aromatic rings. The fourth-order valence-corrected chi connectivity index (χ4v) is 5.33. The largest absolute Gasteiger partial charge is 0.348 e. The molecule has 2 amide bonds. The number of nitrogens with zero attached hydrogens (tertiary/aromatic N) is 1. The van der Waals surface area contributed by atoms with Gasteiger partial charge in [0.05, 0.1) is 12.1 Å². The number of carbonyl (C=O) groups is 2. The third kappa shape index (κ3) is 7.22. The lowest BCUT2D eigenvalue weighted by Gasteiger charge is -2.35. The average Bonchev–Trinajstić information content (AvgIpc) is 3.26. The molecule has 0 radical (unpaired) electrons. The summed E-state index contributed by atoms with van der Waals surface area (Å²) in [6.45, 7) is 15.2. The van der Waals surface area contributed by atoms with Crippen LogP contribution in [0.4, 0.5) is 0 Å². The molecule has 0 spiro atoms. The molecule has 1 aliphatic rings. The van der Waals surface area contributed by atoms with Crippen LogP contribution >= 0.6 is 11.8 Å². The number of likely N-dealkylation sites (N-methyl/N-ethyl adjacent to an activating group) is 1. The smallest absolute Gasteiger partial charge is 0.243 e. The van der Waals surface area contributed by atoms with E-state index in [-0.39, 0.29) is 29.3 Å². The molecule has 3 atom stereocenters. The quantitative estimate of drug-likeness (QED) is 0.457. The van der Waals surface area contributed by atoms with Crippen LogP contribution in [0, 0.1) is 5.41 Å². The van der Waals surface area contributed by atoms with Gasteiger partial charge in [-0.05, 0) is 69.0 Å². The van der Waals surface area contributed by atoms with Gasteiger partial charge in [0.25, 0.3) is 0 Å². The molecule has 2 N–H and O–H groups in total. The molecule has 2 rings (SSSR count). The summed E-state index contributed by atoms with van der Waals surface area (Å²) in [6.07, 6.45) is 4.74. The molecule has 6 heteroatoms. The van der Waals surface area contributed by atoms with E-state index in [2.05, 4.69) is 67.2 Å². The Hall–Kier alpha value is -2.05. The number of likely N-dealkylation sites (tertiary alicyclic amines) is 1. The number of rotatable bonds is 9. The highest BCUT2D eigenvalue weighted by atomic mass is 32.2. The Morgan fingerprint density at radius 3 is 2.38 bits per heavy atom. The summed E-state index contributed by atoms with van der Waals surface area (Å²) in [6, 6.07) is 7.55. The first-order chi connectivity index (χ1) is 16.0. The van der Waals surface area contributed by atoms with E-state index >= 15 is 0 Å². The summed E-state index contributed by atoms with van der Waals surface area (Å²) in [5.74, 6) is -0.0648. The summed E-state index contributed by atoms with van der Waals surface area (Å²) >= 11 is 1.74. The molecular formula is C28H43N3O2S. The lowest BCUT2D eigenvalue weighted by molar-refractivity contribution is -0.142. The van der Waals surface area contributed by atoms with Gasteiger partial charge in [-0.2, -0.15) is 0 Å². The van der Waals surface area contributed by atoms with E-state index in [1.807, 2.05) is 34.7 Å². The van der Waals surface area contributed by atoms with Gasteiger partial charge in [0.2, 0.25) is 11.8 Å². The summed E-state index contributed by atoms with van der Waals surface area (Å²) < 4.78 is 0. The number of allylic oxidation sites excluding steroid dienone is 2. The van der Waals surface area contributed by atoms with Crippen LogP contribution in [0.5, 0.6) is 0 Å². The van der Waals surface area contributed by atoms with Crippen LogP contribution in [0.1, 0.15) is 84.9 Å². The normalized spacial score (nSPS) is 18.1. The number of benzene rings is 1. The Balaban J connectivity index is 2.09. The summed E-state index contributed by atoms with van der Waals surface area (Å²) in [5.41, 5.74) is 3.29. The second-order valence-electron chi connectivity index (χ2n) is 10.4. The van der Waals surface area contributed by atoms with Gasteiger partial charge < -0.3 is 15.5 Å². The zero-order chi connectivity index (χ0) is 25.5. The number of hydrogen-bond acceptors (Lipinski definition) is 4. The van der Waals surface area contributed by atoms with Crippen molar-refractivity contribution in [2.45, 2.75) is 85.9 Å². The average molecular weight is 486 g/mol. The van der Waals surface area contributed by atoms with Gasteiger partial charge in [-0.15, -0.1) is 0 Å². The van der Waals surface area contributed by atoms with E-state index in [9.17, 15) is 9.59 Å². The van der Waals surface area contributed by atoms with Crippen molar-refractivity contribution in [3.63, 3.8) is 0 Å². The van der Waals surface area contributed by atoms with Crippen molar-refractivity contribution in [3.05, 3.63) is 52.4 Å². The number of hydrogen-bond donors (Lipinski definition) is 2. The molecule has 0 aliphatic carbocycles. The van der Waals surface area contributed by atoms with Gasteiger partial charge in [-0.25, -0.2) is 0 Å². The number of carbonyl (C=O) groups excluding carboxylic acids is 2. The first-order valence-corrected chi connectivity index (χ1v) is 13.3. The van der Waals surface area contributed by atoms with Crippen LogP contribution in [-0.4, -0.2) is 42.4 Å². The van der Waals surface area contributed by atoms with Crippen molar-refractivity contribution in [2.75, 3.05) is 13.6 Å². The summed E-state index contributed by atoms with van der Waals surface area (Å²) in [7, 11) is 1.81. The number of amides is 2. The molecule has 1 heterocycles. The van der Waals surface area contributed by atoms with Crippen LogP contribution in [0.2, 0.25) is 0 Å². The maximum absolute atomic E-state index is 13.2. The maximum atomic E-state index is 13.2. The molecule has 1 aromatic carbocycles. The predicted octanol–water partition coefficient (Wildman–Crippen LogP) is 5.90. The van der Waals surface area contributed by atoms with Gasteiger partial charge in [0, 0.05) is 11.4 Å². The zero-order valence-electron chi connectivity index (χ0n) is 22.2. The van der Waals surface area contributed by atoms with Crippen molar-refractivity contribution in [1.29, 1.82) is 0 Å². The van der Waals surface area contributed by atoms with E-state index in [0.717, 1.165) is 18.4 Å². The molecule has 0 aromatic heterocycles. The Morgan fingerprint density at radius 2 is 1.85 bits per heavy atom. The fraction of sp³-hybridized carbons (Fsp3) is 0.571. The number of nitrogens with one attached hydrogen (secondary N) is 2. The molecule has 0 saturated carbocycles. The van der Waals surface area contributed by atoms with E-state index in [1.165, 1.54) is 16.0 Å². The van der Waals surface area contributed by atoms with Crippen LogP contribution in [-0.2, 0) is 9.59 Å². The molecule has 5 nitrogen and oxygen atoms in total. The van der Waals surface area contributed by atoms with Crippen molar-refractivity contribution in [1.82, 2.24) is 15.5 Å². The monoisotopic (exact) mass is 485 g/mol. The topological polar surface area (TPSA) is 61.4 Å². The van der Waals surface area contributed by atoms with Gasteiger partial charge in [-0.3, -0.25) is 9.59 Å². The van der Waals surface area contributed by atoms with Crippen LogP contribution in [0.3, 0.4) is 0 Å². The molecule has 34 heavy (non-hydrogen) atoms. The second kappa shape index (κ2) is 12.6. The highest BCUT2D eigenvalue weighted by molar-refractivity contribution is 8.10. The molecule has 1 fully saturated rings. The van der Waals surface area contributed by atoms with E-state index in [0.29, 0.717) is 13.0 Å². The Kier molecular flexibility index (Phi) is 10.4. The third-order valence-corrected chi connectivity index (χ3v) is 7.45. The van der Waals surface area contributed by atoms with Gasteiger partial charge >= 0.3 is 0 Å². The van der Waals surface area contributed by atoms with Crippen molar-refractivity contribution < 1.29 is 9.59 Å². The maximum Gasteiger partial charge on any atom is 0.243 e. The molecular weight excluding hydrogens is 442 g/mol. The van der Waals surface area contributed by atoms with Crippen molar-refractivity contribution >= 4 is 28.5 Å². The van der Waals surface area contributed by atoms with Gasteiger partial charge in [0.15, 0.2) is 0 Å². The second-order valence-corrected chi connectivity index (χ2v) is 11.3. The highest BCUT2D eigenvalue weighted by Crippen LogP contribution is 2.32. The Labute approximate surface area is 210 Å². The first-order valence-electron chi connectivity index (χ1n) is 12.4. The van der Waals surface area contributed by atoms with E-state index in [4.69, 9.17) is 0 Å². The van der Waals surface area contributed by atoms with Crippen molar-refractivity contribution in [2.24, 2.45) is 5.41 Å². The Morgan fingerprint density at radius 1 is 1.21 bits per heavy atom. The fourth-order valence-electron chi connectivity index (χ4n) is 4.40. The van der Waals surface area contributed by atoms with Crippen LogP contribution in [0.25, 0.3) is 4.91 Å². The molecule has 0 bridgehead atoms. The predicted molar refractivity (Wildman–Crippen MR) is 145 cm³/mol. The Bertz CT molecular complexity index is 895. The van der Waals surface area contributed by atoms with E-state index < -0.39 is 6.04 Å². The summed E-state index contributed by atoms with van der Waals surface area (Å²) in [4.78, 5) is 29.4. The molecule has 1 aliphatic heterocycles.